The zero-order valence-corrected chi connectivity index (χ0v) is 21.5. The fourth-order valence-corrected chi connectivity index (χ4v) is 6.05. The van der Waals surface area contributed by atoms with E-state index in [9.17, 15) is 5.11 Å². The van der Waals surface area contributed by atoms with Gasteiger partial charge in [0.2, 0.25) is 0 Å². The van der Waals surface area contributed by atoms with Crippen molar-refractivity contribution in [3.05, 3.63) is 108 Å². The maximum Gasteiger partial charge on any atom is 0.127 e. The van der Waals surface area contributed by atoms with Gasteiger partial charge in [0.15, 0.2) is 0 Å². The number of phenols is 1. The molecule has 3 heteroatoms. The molecule has 1 N–H and O–H groups in total. The van der Waals surface area contributed by atoms with Gasteiger partial charge in [0.05, 0.1) is 0 Å². The first-order valence-electron chi connectivity index (χ1n) is 11.9. The predicted octanol–water partition coefficient (Wildman–Crippen LogP) is 7.42. The van der Waals surface area contributed by atoms with Crippen LogP contribution in [0.4, 0.5) is 0 Å². The van der Waals surface area contributed by atoms with Crippen molar-refractivity contribution >= 4 is 13.9 Å². The minimum atomic E-state index is -0.194. The molecule has 0 spiro atoms. The number of nitrogens with zero attached hydrogens (tertiary/aromatic N) is 1. The van der Waals surface area contributed by atoms with E-state index in [2.05, 4.69) is 106 Å². The molecule has 0 amide bonds. The van der Waals surface area contributed by atoms with E-state index in [1.165, 1.54) is 10.9 Å². The molecule has 0 bridgehead atoms. The minimum Gasteiger partial charge on any atom is -0.507 e. The molecular weight excluding hydrogens is 433 g/mol. The Morgan fingerprint density at radius 2 is 1.35 bits per heavy atom. The standard InChI is InChI=1S/C31H34NOP/c1-5-31(2,34-29-19-13-12-18-25(29)22-32(3)4)28-21-26(23-14-8-6-9-15-23)20-27(30(28)33)24-16-10-7-11-17-24/h6-21,33-34H,5,22H2,1-4H3. The summed E-state index contributed by atoms with van der Waals surface area (Å²) in [6.07, 6.45) is 0.932. The van der Waals surface area contributed by atoms with Gasteiger partial charge in [0, 0.05) is 22.8 Å². The van der Waals surface area contributed by atoms with Crippen molar-refractivity contribution in [1.82, 2.24) is 4.90 Å². The summed E-state index contributed by atoms with van der Waals surface area (Å²) >= 11 is 0. The van der Waals surface area contributed by atoms with Gasteiger partial charge in [-0.25, -0.2) is 0 Å². The highest BCUT2D eigenvalue weighted by Gasteiger charge is 2.31. The summed E-state index contributed by atoms with van der Waals surface area (Å²) in [6.45, 7) is 5.45. The molecule has 0 heterocycles. The maximum atomic E-state index is 11.7. The van der Waals surface area contributed by atoms with Crippen molar-refractivity contribution in [3.63, 3.8) is 0 Å². The van der Waals surface area contributed by atoms with Crippen LogP contribution in [-0.2, 0) is 11.7 Å². The van der Waals surface area contributed by atoms with Crippen LogP contribution in [0, 0.1) is 0 Å². The predicted molar refractivity (Wildman–Crippen MR) is 148 cm³/mol. The Morgan fingerprint density at radius 1 is 0.765 bits per heavy atom. The second-order valence-electron chi connectivity index (χ2n) is 9.36. The maximum absolute atomic E-state index is 11.7. The summed E-state index contributed by atoms with van der Waals surface area (Å²) < 4.78 is 0. The Morgan fingerprint density at radius 3 is 1.97 bits per heavy atom. The van der Waals surface area contributed by atoms with Crippen molar-refractivity contribution in [3.8, 4) is 28.0 Å². The molecule has 2 atom stereocenters. The largest absolute Gasteiger partial charge is 0.507 e. The van der Waals surface area contributed by atoms with Crippen LogP contribution in [0.1, 0.15) is 31.4 Å². The molecule has 0 saturated heterocycles. The Hall–Kier alpha value is -2.93. The van der Waals surface area contributed by atoms with Crippen molar-refractivity contribution in [2.45, 2.75) is 32.0 Å². The molecule has 2 unspecified atom stereocenters. The second kappa shape index (κ2) is 10.6. The van der Waals surface area contributed by atoms with Gasteiger partial charge >= 0.3 is 0 Å². The number of aromatic hydroxyl groups is 1. The van der Waals surface area contributed by atoms with Crippen molar-refractivity contribution in [2.75, 3.05) is 14.1 Å². The third kappa shape index (κ3) is 5.25. The van der Waals surface area contributed by atoms with Gasteiger partial charge in [-0.2, -0.15) is 0 Å². The molecular formula is C31H34NOP. The number of rotatable bonds is 8. The number of phenolic OH excluding ortho intramolecular Hbond substituents is 1. The summed E-state index contributed by atoms with van der Waals surface area (Å²) in [4.78, 5) is 2.22. The molecule has 2 nitrogen and oxygen atoms in total. The van der Waals surface area contributed by atoms with Gasteiger partial charge in [-0.3, -0.25) is 0 Å². The van der Waals surface area contributed by atoms with Crippen LogP contribution in [0.3, 0.4) is 0 Å². The summed E-state index contributed by atoms with van der Waals surface area (Å²) in [5, 5.41) is 12.8. The number of benzene rings is 4. The average molecular weight is 468 g/mol. The van der Waals surface area contributed by atoms with Crippen LogP contribution in [0.25, 0.3) is 22.3 Å². The molecule has 0 fully saturated rings. The normalized spacial score (nSPS) is 13.4. The molecule has 174 valence electrons. The van der Waals surface area contributed by atoms with Crippen LogP contribution in [0.15, 0.2) is 97.1 Å². The van der Waals surface area contributed by atoms with Gasteiger partial charge in [-0.15, -0.1) is 0 Å². The molecule has 4 rings (SSSR count). The van der Waals surface area contributed by atoms with E-state index in [0.717, 1.165) is 40.8 Å². The molecule has 4 aromatic rings. The van der Waals surface area contributed by atoms with Crippen molar-refractivity contribution in [2.24, 2.45) is 0 Å². The average Bonchev–Trinajstić information content (AvgIpc) is 2.86. The fraction of sp³-hybridized carbons (Fsp3) is 0.226. The smallest absolute Gasteiger partial charge is 0.127 e. The second-order valence-corrected chi connectivity index (χ2v) is 11.2. The highest BCUT2D eigenvalue weighted by atomic mass is 31.1. The first kappa shape index (κ1) is 24.2. The third-order valence-corrected chi connectivity index (χ3v) is 8.45. The SMILES string of the molecule is CCC(C)(Pc1ccccc1CN(C)C)c1cc(-c2ccccc2)cc(-c2ccccc2)c1O. The number of hydrogen-bond acceptors (Lipinski definition) is 2. The van der Waals surface area contributed by atoms with Gasteiger partial charge < -0.3 is 10.0 Å². The fourth-order valence-electron chi connectivity index (χ4n) is 4.45. The van der Waals surface area contributed by atoms with Crippen LogP contribution >= 0.6 is 8.58 Å². The van der Waals surface area contributed by atoms with Gasteiger partial charge in [-0.05, 0) is 60.2 Å². The van der Waals surface area contributed by atoms with E-state index in [1.54, 1.807) is 0 Å². The lowest BCUT2D eigenvalue weighted by molar-refractivity contribution is 0.403. The summed E-state index contributed by atoms with van der Waals surface area (Å²) in [5.74, 6) is 0.396. The monoisotopic (exact) mass is 467 g/mol. The van der Waals surface area contributed by atoms with Crippen LogP contribution in [-0.4, -0.2) is 24.1 Å². The van der Waals surface area contributed by atoms with Gasteiger partial charge in [0.1, 0.15) is 5.75 Å². The quantitative estimate of drug-likeness (QED) is 0.273. The van der Waals surface area contributed by atoms with Crippen molar-refractivity contribution in [1.29, 1.82) is 0 Å². The molecule has 0 saturated carbocycles. The van der Waals surface area contributed by atoms with Crippen molar-refractivity contribution < 1.29 is 5.11 Å². The van der Waals surface area contributed by atoms with E-state index < -0.39 is 0 Å². The first-order valence-corrected chi connectivity index (χ1v) is 12.9. The van der Waals surface area contributed by atoms with Gasteiger partial charge in [0.25, 0.3) is 0 Å². The molecule has 0 aliphatic rings. The highest BCUT2D eigenvalue weighted by Crippen LogP contribution is 2.51. The zero-order valence-electron chi connectivity index (χ0n) is 20.5. The van der Waals surface area contributed by atoms with Crippen LogP contribution in [0.2, 0.25) is 0 Å². The molecule has 4 aromatic carbocycles. The summed E-state index contributed by atoms with van der Waals surface area (Å²) in [5.41, 5.74) is 6.60. The molecule has 34 heavy (non-hydrogen) atoms. The molecule has 0 aliphatic heterocycles. The third-order valence-electron chi connectivity index (χ3n) is 6.52. The molecule has 0 aliphatic carbocycles. The number of hydrogen-bond donors (Lipinski definition) is 1. The first-order chi connectivity index (χ1) is 16.4. The highest BCUT2D eigenvalue weighted by molar-refractivity contribution is 7.48. The Kier molecular flexibility index (Phi) is 7.51. The topological polar surface area (TPSA) is 23.5 Å². The summed E-state index contributed by atoms with van der Waals surface area (Å²) in [6, 6.07) is 33.8. The van der Waals surface area contributed by atoms with E-state index in [1.807, 2.05) is 24.3 Å². The Bertz CT molecular complexity index is 1240. The lowest BCUT2D eigenvalue weighted by Crippen LogP contribution is -2.22. The van der Waals surface area contributed by atoms with E-state index >= 15 is 0 Å². The van der Waals surface area contributed by atoms with E-state index in [0.29, 0.717) is 14.3 Å². The molecule has 0 aromatic heterocycles. The summed E-state index contributed by atoms with van der Waals surface area (Å²) in [7, 11) is 4.76. The van der Waals surface area contributed by atoms with Gasteiger partial charge in [-0.1, -0.05) is 107 Å². The lowest BCUT2D eigenvalue weighted by atomic mass is 9.88. The Balaban J connectivity index is 1.88. The van der Waals surface area contributed by atoms with Crippen LogP contribution < -0.4 is 5.30 Å². The van der Waals surface area contributed by atoms with E-state index in [-0.39, 0.29) is 5.16 Å². The minimum absolute atomic E-state index is 0.194. The molecule has 0 radical (unpaired) electrons. The van der Waals surface area contributed by atoms with E-state index in [4.69, 9.17) is 0 Å². The Labute approximate surface area is 206 Å². The van der Waals surface area contributed by atoms with Crippen LogP contribution in [0.5, 0.6) is 5.75 Å². The lowest BCUT2D eigenvalue weighted by Gasteiger charge is -2.32. The zero-order chi connectivity index (χ0) is 24.1.